The molecule has 0 atom stereocenters. The molecule has 39 heavy (non-hydrogen) atoms. The highest BCUT2D eigenvalue weighted by Crippen LogP contribution is 2.47. The molecule has 12 heteroatoms. The highest BCUT2D eigenvalue weighted by molar-refractivity contribution is 5.79. The van der Waals surface area contributed by atoms with Gasteiger partial charge in [-0.05, 0) is 36.4 Å². The third kappa shape index (κ3) is 4.67. The van der Waals surface area contributed by atoms with Gasteiger partial charge in [-0.3, -0.25) is 0 Å². The van der Waals surface area contributed by atoms with Crippen molar-refractivity contribution >= 4 is 0 Å². The average molecular weight is 538 g/mol. The summed E-state index contributed by atoms with van der Waals surface area (Å²) in [7, 11) is 8.87. The zero-order valence-corrected chi connectivity index (χ0v) is 22.1. The third-order valence-corrected chi connectivity index (χ3v) is 5.90. The molecule has 0 amide bonds. The number of aromatic nitrogens is 3. The van der Waals surface area contributed by atoms with Gasteiger partial charge in [0.25, 0.3) is 0 Å². The fourth-order valence-electron chi connectivity index (χ4n) is 4.04. The zero-order chi connectivity index (χ0) is 28.3. The Bertz CT molecular complexity index is 1440. The van der Waals surface area contributed by atoms with Gasteiger partial charge in [0.2, 0.25) is 17.2 Å². The molecule has 0 saturated heterocycles. The Hall–Kier alpha value is -5.13. The van der Waals surface area contributed by atoms with Crippen LogP contribution in [0, 0.1) is 0 Å². The van der Waals surface area contributed by atoms with Gasteiger partial charge in [0, 0.05) is 0 Å². The van der Waals surface area contributed by atoms with Crippen molar-refractivity contribution < 1.29 is 43.7 Å². The van der Waals surface area contributed by atoms with Crippen molar-refractivity contribution in [3.63, 3.8) is 0 Å². The van der Waals surface area contributed by atoms with E-state index in [1.54, 1.807) is 24.3 Å². The molecule has 1 heterocycles. The second kappa shape index (κ2) is 11.1. The SMILES string of the molecule is COc1ccc(-c2nc(-c3ccc(O)c(O)c3O)nc(-c3ccc(OC)c(OC)c3OC)n2)c(OC)c1OC. The maximum Gasteiger partial charge on any atom is 0.204 e. The molecule has 0 bridgehead atoms. The van der Waals surface area contributed by atoms with Crippen LogP contribution >= 0.6 is 0 Å². The molecule has 0 aliphatic heterocycles. The Morgan fingerprint density at radius 3 is 1.21 bits per heavy atom. The molecule has 1 aromatic heterocycles. The molecule has 204 valence electrons. The molecule has 0 aliphatic rings. The van der Waals surface area contributed by atoms with Crippen LogP contribution in [0.1, 0.15) is 0 Å². The normalized spacial score (nSPS) is 10.6. The van der Waals surface area contributed by atoms with E-state index >= 15 is 0 Å². The Kier molecular flexibility index (Phi) is 7.65. The minimum atomic E-state index is -0.719. The number of hydrogen-bond donors (Lipinski definition) is 3. The van der Waals surface area contributed by atoms with Crippen molar-refractivity contribution in [3.05, 3.63) is 36.4 Å². The number of rotatable bonds is 9. The molecule has 0 fully saturated rings. The number of ether oxygens (including phenoxy) is 6. The first-order chi connectivity index (χ1) is 18.8. The lowest BCUT2D eigenvalue weighted by molar-refractivity contribution is 0.325. The molecular weight excluding hydrogens is 510 g/mol. The second-order valence-corrected chi connectivity index (χ2v) is 7.90. The largest absolute Gasteiger partial charge is 0.504 e. The minimum Gasteiger partial charge on any atom is -0.504 e. The minimum absolute atomic E-state index is 0.0172. The van der Waals surface area contributed by atoms with E-state index in [1.165, 1.54) is 54.8 Å². The summed E-state index contributed by atoms with van der Waals surface area (Å²) in [6.07, 6.45) is 0. The monoisotopic (exact) mass is 537 g/mol. The predicted molar refractivity (Wildman–Crippen MR) is 140 cm³/mol. The molecule has 3 aromatic carbocycles. The molecule has 0 unspecified atom stereocenters. The van der Waals surface area contributed by atoms with E-state index in [1.807, 2.05) is 0 Å². The molecule has 0 aliphatic carbocycles. The molecule has 0 spiro atoms. The van der Waals surface area contributed by atoms with Crippen molar-refractivity contribution in [3.8, 4) is 85.9 Å². The van der Waals surface area contributed by atoms with E-state index in [-0.39, 0.29) is 34.5 Å². The van der Waals surface area contributed by atoms with E-state index in [4.69, 9.17) is 28.4 Å². The van der Waals surface area contributed by atoms with Crippen LogP contribution < -0.4 is 28.4 Å². The van der Waals surface area contributed by atoms with E-state index < -0.39 is 17.2 Å². The number of phenols is 3. The Morgan fingerprint density at radius 1 is 0.436 bits per heavy atom. The van der Waals surface area contributed by atoms with Gasteiger partial charge in [-0.15, -0.1) is 0 Å². The lowest BCUT2D eigenvalue weighted by Gasteiger charge is -2.17. The fraction of sp³-hybridized carbons (Fsp3) is 0.222. The van der Waals surface area contributed by atoms with Gasteiger partial charge < -0.3 is 43.7 Å². The summed E-state index contributed by atoms with van der Waals surface area (Å²) < 4.78 is 33.1. The van der Waals surface area contributed by atoms with Crippen LogP contribution in [0.3, 0.4) is 0 Å². The van der Waals surface area contributed by atoms with Crippen molar-refractivity contribution in [2.75, 3.05) is 42.7 Å². The average Bonchev–Trinajstić information content (AvgIpc) is 2.97. The van der Waals surface area contributed by atoms with E-state index in [2.05, 4.69) is 15.0 Å². The Labute approximate surface area is 224 Å². The van der Waals surface area contributed by atoms with Crippen LogP contribution in [-0.2, 0) is 0 Å². The van der Waals surface area contributed by atoms with Gasteiger partial charge in [-0.25, -0.2) is 15.0 Å². The van der Waals surface area contributed by atoms with Gasteiger partial charge in [-0.2, -0.15) is 0 Å². The van der Waals surface area contributed by atoms with E-state index in [9.17, 15) is 15.3 Å². The van der Waals surface area contributed by atoms with Crippen molar-refractivity contribution in [2.24, 2.45) is 0 Å². The lowest BCUT2D eigenvalue weighted by Crippen LogP contribution is -2.04. The molecule has 0 radical (unpaired) electrons. The van der Waals surface area contributed by atoms with Gasteiger partial charge in [0.05, 0.1) is 59.3 Å². The van der Waals surface area contributed by atoms with Crippen LogP contribution in [0.2, 0.25) is 0 Å². The van der Waals surface area contributed by atoms with Gasteiger partial charge in [-0.1, -0.05) is 0 Å². The molecule has 4 rings (SSSR count). The highest BCUT2D eigenvalue weighted by atomic mass is 16.5. The maximum atomic E-state index is 10.6. The number of nitrogens with zero attached hydrogens (tertiary/aromatic N) is 3. The van der Waals surface area contributed by atoms with Crippen LogP contribution in [0.5, 0.6) is 51.7 Å². The van der Waals surface area contributed by atoms with Crippen molar-refractivity contribution in [1.82, 2.24) is 15.0 Å². The second-order valence-electron chi connectivity index (χ2n) is 7.90. The first-order valence-corrected chi connectivity index (χ1v) is 11.4. The van der Waals surface area contributed by atoms with Crippen LogP contribution in [-0.4, -0.2) is 72.9 Å². The maximum absolute atomic E-state index is 10.6. The first-order valence-electron chi connectivity index (χ1n) is 11.4. The number of hydrogen-bond acceptors (Lipinski definition) is 12. The van der Waals surface area contributed by atoms with Crippen LogP contribution in [0.25, 0.3) is 34.2 Å². The number of aromatic hydroxyl groups is 3. The number of methoxy groups -OCH3 is 6. The van der Waals surface area contributed by atoms with Crippen LogP contribution in [0.4, 0.5) is 0 Å². The zero-order valence-electron chi connectivity index (χ0n) is 22.1. The quantitative estimate of drug-likeness (QED) is 0.264. The Morgan fingerprint density at radius 2 is 0.821 bits per heavy atom. The van der Waals surface area contributed by atoms with Crippen LogP contribution in [0.15, 0.2) is 36.4 Å². The van der Waals surface area contributed by atoms with Gasteiger partial charge in [0.1, 0.15) is 0 Å². The summed E-state index contributed by atoms with van der Waals surface area (Å²) in [6, 6.07) is 9.28. The van der Waals surface area contributed by atoms with E-state index in [0.717, 1.165) is 0 Å². The lowest BCUT2D eigenvalue weighted by atomic mass is 10.1. The summed E-state index contributed by atoms with van der Waals surface area (Å²) in [4.78, 5) is 13.8. The predicted octanol–water partition coefficient (Wildman–Crippen LogP) is 4.04. The standard InChI is InChI=1S/C27H27N3O9/c1-34-17-11-8-14(21(36-3)23(17)38-5)26-28-25(13-7-10-16(31)20(33)19(13)32)29-27(30-26)15-9-12-18(35-2)24(39-6)22(15)37-4/h7-12,31-33H,1-6H3. The highest BCUT2D eigenvalue weighted by Gasteiger charge is 2.25. The summed E-state index contributed by atoms with van der Waals surface area (Å²) in [5.74, 6) is 0.475. The fourth-order valence-corrected chi connectivity index (χ4v) is 4.04. The summed E-state index contributed by atoms with van der Waals surface area (Å²) >= 11 is 0. The van der Waals surface area contributed by atoms with Crippen molar-refractivity contribution in [2.45, 2.75) is 0 Å². The van der Waals surface area contributed by atoms with Gasteiger partial charge >= 0.3 is 0 Å². The van der Waals surface area contributed by atoms with E-state index in [0.29, 0.717) is 34.1 Å². The summed E-state index contributed by atoms with van der Waals surface area (Å²) in [6.45, 7) is 0. The molecule has 3 N–H and O–H groups in total. The number of benzene rings is 3. The van der Waals surface area contributed by atoms with Gasteiger partial charge in [0.15, 0.2) is 52.0 Å². The third-order valence-electron chi connectivity index (χ3n) is 5.90. The topological polar surface area (TPSA) is 155 Å². The molecule has 0 saturated carbocycles. The smallest absolute Gasteiger partial charge is 0.204 e. The molecule has 12 nitrogen and oxygen atoms in total. The molecule has 4 aromatic rings. The van der Waals surface area contributed by atoms with Crippen molar-refractivity contribution in [1.29, 1.82) is 0 Å². The summed E-state index contributed by atoms with van der Waals surface area (Å²) in [5, 5.41) is 30.6. The first kappa shape index (κ1) is 26.9. The molecular formula is C27H27N3O9. The summed E-state index contributed by atoms with van der Waals surface area (Å²) in [5.41, 5.74) is 0.873. The Balaban J connectivity index is 2.08. The number of phenolic OH excluding ortho intramolecular Hbond substituents is 3.